The molecule has 1 aromatic heterocycles. The monoisotopic (exact) mass is 329 g/mol. The van der Waals surface area contributed by atoms with E-state index >= 15 is 0 Å². The van der Waals surface area contributed by atoms with E-state index in [0.29, 0.717) is 18.7 Å². The van der Waals surface area contributed by atoms with E-state index in [1.165, 1.54) is 0 Å². The van der Waals surface area contributed by atoms with Gasteiger partial charge in [-0.25, -0.2) is 9.48 Å². The van der Waals surface area contributed by atoms with Crippen LogP contribution in [0.15, 0.2) is 36.7 Å². The highest BCUT2D eigenvalue weighted by Crippen LogP contribution is 2.23. The predicted octanol–water partition coefficient (Wildman–Crippen LogP) is 1.84. The van der Waals surface area contributed by atoms with Gasteiger partial charge >= 0.3 is 12.0 Å². The molecule has 0 bridgehead atoms. The van der Waals surface area contributed by atoms with Crippen molar-refractivity contribution in [1.29, 1.82) is 0 Å². The summed E-state index contributed by atoms with van der Waals surface area (Å²) >= 11 is 0. The molecule has 2 amide bonds. The molecule has 0 saturated carbocycles. The summed E-state index contributed by atoms with van der Waals surface area (Å²) in [5.74, 6) is -1.21. The van der Waals surface area contributed by atoms with E-state index in [4.69, 9.17) is 0 Å². The number of likely N-dealkylation sites (tertiary alicyclic amines) is 1. The number of urea groups is 1. The third-order valence-corrected chi connectivity index (χ3v) is 4.08. The van der Waals surface area contributed by atoms with Crippen molar-refractivity contribution < 1.29 is 14.7 Å². The van der Waals surface area contributed by atoms with E-state index in [9.17, 15) is 14.7 Å². The van der Waals surface area contributed by atoms with E-state index < -0.39 is 11.9 Å². The minimum atomic E-state index is -0.854. The van der Waals surface area contributed by atoms with Crippen LogP contribution in [0.4, 0.5) is 10.5 Å². The number of aliphatic carboxylic acids is 1. The van der Waals surface area contributed by atoms with E-state index in [2.05, 4.69) is 15.6 Å². The number of nitrogens with one attached hydrogen (secondary N) is 1. The normalized spacial score (nSPS) is 20.6. The molecule has 1 fully saturated rings. The van der Waals surface area contributed by atoms with Crippen LogP contribution in [-0.2, 0) is 4.79 Å². The van der Waals surface area contributed by atoms with Crippen LogP contribution in [0.25, 0.3) is 5.69 Å². The average Bonchev–Trinajstić information content (AvgIpc) is 3.09. The molecule has 1 aliphatic heterocycles. The number of carboxylic acids is 1. The molecule has 2 atom stereocenters. The number of carboxylic acid groups (broad SMARTS) is 1. The van der Waals surface area contributed by atoms with Gasteiger partial charge in [0.25, 0.3) is 0 Å². The first kappa shape index (κ1) is 16.0. The Labute approximate surface area is 139 Å². The maximum absolute atomic E-state index is 12.5. The number of nitrogens with zero attached hydrogens (tertiary/aromatic N) is 4. The number of hydrogen-bond acceptors (Lipinski definition) is 4. The Morgan fingerprint density at radius 3 is 2.88 bits per heavy atom. The van der Waals surface area contributed by atoms with Crippen molar-refractivity contribution in [3.05, 3.63) is 36.7 Å². The summed E-state index contributed by atoms with van der Waals surface area (Å²) in [4.78, 5) is 25.3. The van der Waals surface area contributed by atoms with Crippen molar-refractivity contribution in [3.8, 4) is 5.69 Å². The number of benzene rings is 1. The zero-order valence-electron chi connectivity index (χ0n) is 13.3. The van der Waals surface area contributed by atoms with Gasteiger partial charge in [-0.15, -0.1) is 5.10 Å². The van der Waals surface area contributed by atoms with E-state index in [1.807, 2.05) is 19.1 Å². The van der Waals surface area contributed by atoms with Gasteiger partial charge in [0, 0.05) is 18.8 Å². The Kier molecular flexibility index (Phi) is 4.45. The van der Waals surface area contributed by atoms with Crippen LogP contribution >= 0.6 is 0 Å². The molecule has 1 saturated heterocycles. The molecule has 0 spiro atoms. The Morgan fingerprint density at radius 1 is 1.33 bits per heavy atom. The van der Waals surface area contributed by atoms with Gasteiger partial charge < -0.3 is 15.3 Å². The van der Waals surface area contributed by atoms with E-state index in [1.54, 1.807) is 34.1 Å². The number of amides is 2. The fourth-order valence-corrected chi connectivity index (χ4v) is 2.97. The van der Waals surface area contributed by atoms with Crippen LogP contribution in [0.1, 0.15) is 13.3 Å². The minimum Gasteiger partial charge on any atom is -0.481 e. The predicted molar refractivity (Wildman–Crippen MR) is 86.9 cm³/mol. The molecule has 2 aromatic rings. The zero-order valence-corrected chi connectivity index (χ0v) is 13.3. The van der Waals surface area contributed by atoms with Gasteiger partial charge in [0.15, 0.2) is 0 Å². The Morgan fingerprint density at radius 2 is 2.17 bits per heavy atom. The number of anilines is 1. The van der Waals surface area contributed by atoms with Gasteiger partial charge in [-0.3, -0.25) is 4.79 Å². The molecule has 1 aromatic carbocycles. The fraction of sp³-hybridized carbons (Fsp3) is 0.375. The Balaban J connectivity index is 1.70. The number of piperidine rings is 1. The van der Waals surface area contributed by atoms with Crippen LogP contribution in [0, 0.1) is 11.8 Å². The zero-order chi connectivity index (χ0) is 17.1. The van der Waals surface area contributed by atoms with Crippen molar-refractivity contribution in [1.82, 2.24) is 19.9 Å². The second-order valence-corrected chi connectivity index (χ2v) is 6.11. The molecule has 8 heteroatoms. The highest BCUT2D eigenvalue weighted by atomic mass is 16.4. The number of carbonyl (C=O) groups excluding carboxylic acids is 1. The first-order chi connectivity index (χ1) is 11.5. The van der Waals surface area contributed by atoms with Crippen LogP contribution < -0.4 is 5.32 Å². The average molecular weight is 329 g/mol. The lowest BCUT2D eigenvalue weighted by Crippen LogP contribution is -2.47. The SMILES string of the molecule is CC1CC(C(=O)O)CN(C(=O)Nc2cccc(-n3ccnn3)c2)C1. The second kappa shape index (κ2) is 6.69. The quantitative estimate of drug-likeness (QED) is 0.895. The summed E-state index contributed by atoms with van der Waals surface area (Å²) < 4.78 is 1.60. The van der Waals surface area contributed by atoms with Crippen LogP contribution in [0.3, 0.4) is 0 Å². The Bertz CT molecular complexity index is 731. The standard InChI is InChI=1S/C16H19N5O3/c1-11-7-12(15(22)23)10-20(9-11)16(24)18-13-3-2-4-14(8-13)21-6-5-17-19-21/h2-6,8,11-12H,7,9-10H2,1H3,(H,18,24)(H,22,23). The molecule has 126 valence electrons. The molecule has 2 N–H and O–H groups in total. The first-order valence-corrected chi connectivity index (χ1v) is 7.78. The molecule has 0 radical (unpaired) electrons. The molecule has 0 aliphatic carbocycles. The van der Waals surface area contributed by atoms with Gasteiger partial charge in [-0.1, -0.05) is 18.2 Å². The highest BCUT2D eigenvalue weighted by Gasteiger charge is 2.31. The second-order valence-electron chi connectivity index (χ2n) is 6.11. The van der Waals surface area contributed by atoms with Crippen LogP contribution in [0.5, 0.6) is 0 Å². The molecule has 24 heavy (non-hydrogen) atoms. The summed E-state index contributed by atoms with van der Waals surface area (Å²) in [5, 5.41) is 19.7. The van der Waals surface area contributed by atoms with Gasteiger partial charge in [-0.05, 0) is 30.5 Å². The van der Waals surface area contributed by atoms with Crippen molar-refractivity contribution in [3.63, 3.8) is 0 Å². The summed E-state index contributed by atoms with van der Waals surface area (Å²) in [6, 6.07) is 6.94. The third kappa shape index (κ3) is 3.53. The number of aromatic nitrogens is 3. The third-order valence-electron chi connectivity index (χ3n) is 4.08. The fourth-order valence-electron chi connectivity index (χ4n) is 2.97. The van der Waals surface area contributed by atoms with Gasteiger partial charge in [0.1, 0.15) is 0 Å². The summed E-state index contributed by atoms with van der Waals surface area (Å²) in [5.41, 5.74) is 1.40. The van der Waals surface area contributed by atoms with Gasteiger partial charge in [0.2, 0.25) is 0 Å². The molecule has 1 aliphatic rings. The lowest BCUT2D eigenvalue weighted by atomic mass is 9.91. The topological polar surface area (TPSA) is 100 Å². The molecule has 2 unspecified atom stereocenters. The Hall–Kier alpha value is -2.90. The maximum atomic E-state index is 12.5. The first-order valence-electron chi connectivity index (χ1n) is 7.78. The van der Waals surface area contributed by atoms with Crippen LogP contribution in [-0.4, -0.2) is 50.1 Å². The van der Waals surface area contributed by atoms with Crippen molar-refractivity contribution in [2.45, 2.75) is 13.3 Å². The largest absolute Gasteiger partial charge is 0.481 e. The molecular weight excluding hydrogens is 310 g/mol. The molecule has 8 nitrogen and oxygen atoms in total. The van der Waals surface area contributed by atoms with E-state index in [-0.39, 0.29) is 18.5 Å². The van der Waals surface area contributed by atoms with Crippen molar-refractivity contribution in [2.75, 3.05) is 18.4 Å². The smallest absolute Gasteiger partial charge is 0.321 e. The highest BCUT2D eigenvalue weighted by molar-refractivity contribution is 5.90. The van der Waals surface area contributed by atoms with E-state index in [0.717, 1.165) is 5.69 Å². The maximum Gasteiger partial charge on any atom is 0.321 e. The van der Waals surface area contributed by atoms with Crippen molar-refractivity contribution in [2.24, 2.45) is 11.8 Å². The molecular formula is C16H19N5O3. The summed E-state index contributed by atoms with van der Waals surface area (Å²) in [7, 11) is 0. The number of rotatable bonds is 3. The molecule has 3 rings (SSSR count). The lowest BCUT2D eigenvalue weighted by molar-refractivity contribution is -0.143. The summed E-state index contributed by atoms with van der Waals surface area (Å²) in [6.45, 7) is 2.74. The van der Waals surface area contributed by atoms with Gasteiger partial charge in [-0.2, -0.15) is 0 Å². The van der Waals surface area contributed by atoms with Gasteiger partial charge in [0.05, 0.1) is 24.0 Å². The number of carbonyl (C=O) groups is 2. The van der Waals surface area contributed by atoms with Crippen molar-refractivity contribution >= 4 is 17.7 Å². The lowest BCUT2D eigenvalue weighted by Gasteiger charge is -2.34. The minimum absolute atomic E-state index is 0.159. The molecule has 2 heterocycles. The summed E-state index contributed by atoms with van der Waals surface area (Å²) in [6.07, 6.45) is 3.89. The number of hydrogen-bond donors (Lipinski definition) is 2. The van der Waals surface area contributed by atoms with Crippen LogP contribution in [0.2, 0.25) is 0 Å².